The van der Waals surface area contributed by atoms with Crippen molar-refractivity contribution in [1.82, 2.24) is 4.90 Å². The monoisotopic (exact) mass is 258 g/mol. The quantitative estimate of drug-likeness (QED) is 0.841. The molecule has 0 saturated heterocycles. The second-order valence-corrected chi connectivity index (χ2v) is 4.78. The fourth-order valence-corrected chi connectivity index (χ4v) is 1.75. The Morgan fingerprint density at radius 3 is 2.53 bits per heavy atom. The van der Waals surface area contributed by atoms with E-state index >= 15 is 0 Å². The number of amides is 1. The van der Waals surface area contributed by atoms with E-state index in [-0.39, 0.29) is 5.91 Å². The summed E-state index contributed by atoms with van der Waals surface area (Å²) in [5.74, 6) is 6.30. The van der Waals surface area contributed by atoms with Gasteiger partial charge in [0, 0.05) is 24.7 Å². The van der Waals surface area contributed by atoms with Crippen LogP contribution in [-0.4, -0.2) is 30.9 Å². The third-order valence-electron chi connectivity index (χ3n) is 3.10. The molecule has 1 unspecified atom stereocenters. The lowest BCUT2D eigenvalue weighted by atomic mass is 10.1. The van der Waals surface area contributed by atoms with E-state index in [9.17, 15) is 4.79 Å². The average molecular weight is 258 g/mol. The lowest BCUT2D eigenvalue weighted by Gasteiger charge is -2.20. The summed E-state index contributed by atoms with van der Waals surface area (Å²) in [5, 5.41) is 0. The number of nitrogens with zero attached hydrogens (tertiary/aromatic N) is 1. The molecule has 0 spiro atoms. The molecule has 3 nitrogen and oxygen atoms in total. The molecule has 1 aromatic carbocycles. The fraction of sp³-hybridized carbons (Fsp3) is 0.438. The fourth-order valence-electron chi connectivity index (χ4n) is 1.75. The van der Waals surface area contributed by atoms with E-state index in [0.717, 1.165) is 18.5 Å². The Hall–Kier alpha value is -1.79. The highest BCUT2D eigenvalue weighted by atomic mass is 16.2. The average Bonchev–Trinajstić information content (AvgIpc) is 2.44. The molecule has 102 valence electrons. The Balaban J connectivity index is 2.72. The normalized spacial score (nSPS) is 11.4. The Labute approximate surface area is 115 Å². The zero-order valence-electron chi connectivity index (χ0n) is 11.9. The highest BCUT2D eigenvalue weighted by molar-refractivity contribution is 5.94. The molecule has 1 amide bonds. The molecule has 0 fully saturated rings. The summed E-state index contributed by atoms with van der Waals surface area (Å²) in [4.78, 5) is 14.0. The van der Waals surface area contributed by atoms with Crippen LogP contribution in [-0.2, 0) is 0 Å². The molecule has 0 saturated carbocycles. The first-order chi connectivity index (χ1) is 9.08. The maximum atomic E-state index is 12.2. The minimum Gasteiger partial charge on any atom is -0.341 e. The van der Waals surface area contributed by atoms with Gasteiger partial charge in [-0.3, -0.25) is 4.79 Å². The standard InChI is InChI=1S/C16H22N2O/c1-4-13(2)12-18(3)16(19)15-9-7-14(8-10-15)6-5-11-17/h7-10,13H,4,11-12,17H2,1-3H3. The van der Waals surface area contributed by atoms with Gasteiger partial charge < -0.3 is 10.6 Å². The maximum Gasteiger partial charge on any atom is 0.253 e. The van der Waals surface area contributed by atoms with Crippen molar-refractivity contribution in [2.24, 2.45) is 11.7 Å². The predicted molar refractivity (Wildman–Crippen MR) is 78.8 cm³/mol. The third-order valence-corrected chi connectivity index (χ3v) is 3.10. The first-order valence-electron chi connectivity index (χ1n) is 6.63. The largest absolute Gasteiger partial charge is 0.341 e. The van der Waals surface area contributed by atoms with Crippen molar-refractivity contribution in [2.75, 3.05) is 20.1 Å². The zero-order chi connectivity index (χ0) is 14.3. The number of hydrogen-bond acceptors (Lipinski definition) is 2. The highest BCUT2D eigenvalue weighted by Crippen LogP contribution is 2.09. The van der Waals surface area contributed by atoms with Crippen LogP contribution in [0.2, 0.25) is 0 Å². The van der Waals surface area contributed by atoms with Gasteiger partial charge in [-0.15, -0.1) is 0 Å². The van der Waals surface area contributed by atoms with Crippen molar-refractivity contribution in [3.8, 4) is 11.8 Å². The molecule has 0 bridgehead atoms. The molecule has 1 atom stereocenters. The van der Waals surface area contributed by atoms with Gasteiger partial charge in [-0.05, 0) is 30.2 Å². The molecule has 1 rings (SSSR count). The summed E-state index contributed by atoms with van der Waals surface area (Å²) in [5.41, 5.74) is 6.90. The van der Waals surface area contributed by atoms with Crippen LogP contribution >= 0.6 is 0 Å². The topological polar surface area (TPSA) is 46.3 Å². The van der Waals surface area contributed by atoms with Crippen molar-refractivity contribution in [3.05, 3.63) is 35.4 Å². The number of rotatable bonds is 4. The van der Waals surface area contributed by atoms with Crippen molar-refractivity contribution >= 4 is 5.91 Å². The number of benzene rings is 1. The van der Waals surface area contributed by atoms with Crippen molar-refractivity contribution < 1.29 is 4.79 Å². The van der Waals surface area contributed by atoms with Crippen LogP contribution in [0.15, 0.2) is 24.3 Å². The number of nitrogens with two attached hydrogens (primary N) is 1. The highest BCUT2D eigenvalue weighted by Gasteiger charge is 2.13. The Bertz CT molecular complexity index is 468. The van der Waals surface area contributed by atoms with Gasteiger partial charge in [-0.2, -0.15) is 0 Å². The van der Waals surface area contributed by atoms with Gasteiger partial charge in [0.1, 0.15) is 0 Å². The smallest absolute Gasteiger partial charge is 0.253 e. The minimum absolute atomic E-state index is 0.0543. The SMILES string of the molecule is CCC(C)CN(C)C(=O)c1ccc(C#CCN)cc1. The Kier molecular flexibility index (Phi) is 6.11. The van der Waals surface area contributed by atoms with Crippen LogP contribution in [0.1, 0.15) is 36.2 Å². The van der Waals surface area contributed by atoms with E-state index in [2.05, 4.69) is 25.7 Å². The van der Waals surface area contributed by atoms with Crippen molar-refractivity contribution in [2.45, 2.75) is 20.3 Å². The van der Waals surface area contributed by atoms with Crippen molar-refractivity contribution in [3.63, 3.8) is 0 Å². The first-order valence-corrected chi connectivity index (χ1v) is 6.63. The van der Waals surface area contributed by atoms with Crippen LogP contribution < -0.4 is 5.73 Å². The van der Waals surface area contributed by atoms with Crippen molar-refractivity contribution in [1.29, 1.82) is 0 Å². The van der Waals surface area contributed by atoms with Crippen LogP contribution in [0.3, 0.4) is 0 Å². The van der Waals surface area contributed by atoms with E-state index in [1.807, 2.05) is 31.3 Å². The zero-order valence-corrected chi connectivity index (χ0v) is 11.9. The lowest BCUT2D eigenvalue weighted by Crippen LogP contribution is -2.30. The first kappa shape index (κ1) is 15.3. The van der Waals surface area contributed by atoms with Crippen LogP contribution in [0.25, 0.3) is 0 Å². The van der Waals surface area contributed by atoms with Crippen LogP contribution in [0.5, 0.6) is 0 Å². The van der Waals surface area contributed by atoms with E-state index in [0.29, 0.717) is 18.0 Å². The third kappa shape index (κ3) is 4.76. The van der Waals surface area contributed by atoms with Crippen LogP contribution in [0, 0.1) is 17.8 Å². The minimum atomic E-state index is 0.0543. The molecule has 1 aromatic rings. The summed E-state index contributed by atoms with van der Waals surface area (Å²) < 4.78 is 0. The summed E-state index contributed by atoms with van der Waals surface area (Å²) in [6.07, 6.45) is 1.07. The summed E-state index contributed by atoms with van der Waals surface area (Å²) in [7, 11) is 1.84. The second-order valence-electron chi connectivity index (χ2n) is 4.78. The number of carbonyl (C=O) groups excluding carboxylic acids is 1. The summed E-state index contributed by atoms with van der Waals surface area (Å²) >= 11 is 0. The van der Waals surface area contributed by atoms with Gasteiger partial charge in [0.2, 0.25) is 0 Å². The molecule has 0 heterocycles. The summed E-state index contributed by atoms with van der Waals surface area (Å²) in [6, 6.07) is 7.34. The number of hydrogen-bond donors (Lipinski definition) is 1. The van der Waals surface area contributed by atoms with E-state index in [4.69, 9.17) is 5.73 Å². The second kappa shape index (κ2) is 7.60. The van der Waals surface area contributed by atoms with E-state index < -0.39 is 0 Å². The van der Waals surface area contributed by atoms with Gasteiger partial charge >= 0.3 is 0 Å². The van der Waals surface area contributed by atoms with Gasteiger partial charge in [0.05, 0.1) is 6.54 Å². The van der Waals surface area contributed by atoms with Gasteiger partial charge in [-0.25, -0.2) is 0 Å². The molecule has 0 aliphatic carbocycles. The molecule has 3 heteroatoms. The van der Waals surface area contributed by atoms with Crippen LogP contribution in [0.4, 0.5) is 0 Å². The lowest BCUT2D eigenvalue weighted by molar-refractivity contribution is 0.0775. The molecule has 0 aliphatic rings. The van der Waals surface area contributed by atoms with E-state index in [1.165, 1.54) is 0 Å². The molecule has 2 N–H and O–H groups in total. The Morgan fingerprint density at radius 2 is 2.00 bits per heavy atom. The predicted octanol–water partition coefficient (Wildman–Crippen LogP) is 2.11. The molecular weight excluding hydrogens is 236 g/mol. The molecule has 0 radical (unpaired) electrons. The molecule has 0 aliphatic heterocycles. The molecule has 19 heavy (non-hydrogen) atoms. The Morgan fingerprint density at radius 1 is 1.37 bits per heavy atom. The van der Waals surface area contributed by atoms with Gasteiger partial charge in [0.15, 0.2) is 0 Å². The summed E-state index contributed by atoms with van der Waals surface area (Å²) in [6.45, 7) is 5.41. The molecule has 0 aromatic heterocycles. The maximum absolute atomic E-state index is 12.2. The number of carbonyl (C=O) groups is 1. The molecular formula is C16H22N2O. The van der Waals surface area contributed by atoms with Gasteiger partial charge in [0.25, 0.3) is 5.91 Å². The van der Waals surface area contributed by atoms with E-state index in [1.54, 1.807) is 4.90 Å². The van der Waals surface area contributed by atoms with Gasteiger partial charge in [-0.1, -0.05) is 32.1 Å².